The number of nitrogens with zero attached hydrogens (tertiary/aromatic N) is 1. The van der Waals surface area contributed by atoms with Gasteiger partial charge in [-0.25, -0.2) is 0 Å². The molecule has 2 nitrogen and oxygen atoms in total. The fourth-order valence-corrected chi connectivity index (χ4v) is 4.71. The van der Waals surface area contributed by atoms with Crippen LogP contribution in [0.15, 0.2) is 66.9 Å². The molecule has 0 radical (unpaired) electrons. The number of fused-ring (bicyclic) bond motifs is 1. The first-order valence-corrected chi connectivity index (χ1v) is 10.5. The SMILES string of the molecule is CC(CN1CC=C(c2ccccc2)CC1)SCc1c[nH]c2ccccc12. The van der Waals surface area contributed by atoms with Gasteiger partial charge < -0.3 is 4.98 Å². The van der Waals surface area contributed by atoms with Crippen LogP contribution < -0.4 is 0 Å². The normalized spacial score (nSPS) is 16.6. The molecule has 0 amide bonds. The van der Waals surface area contributed by atoms with Crippen molar-refractivity contribution < 1.29 is 0 Å². The van der Waals surface area contributed by atoms with E-state index < -0.39 is 0 Å². The number of benzene rings is 2. The van der Waals surface area contributed by atoms with E-state index in [9.17, 15) is 0 Å². The van der Waals surface area contributed by atoms with E-state index in [1.54, 1.807) is 0 Å². The molecule has 0 spiro atoms. The number of aromatic nitrogens is 1. The number of rotatable bonds is 6. The standard InChI is InChI=1S/C23H26N2S/c1-18(26-17-21-15-24-23-10-6-5-9-22(21)23)16-25-13-11-20(12-14-25)19-7-3-2-4-8-19/h2-11,15,18,24H,12-14,16-17H2,1H3. The van der Waals surface area contributed by atoms with Crippen LogP contribution in [0, 0.1) is 0 Å². The molecule has 1 aliphatic heterocycles. The molecule has 1 atom stereocenters. The molecule has 0 saturated carbocycles. The molecule has 2 heterocycles. The van der Waals surface area contributed by atoms with Crippen LogP contribution in [0.2, 0.25) is 0 Å². The summed E-state index contributed by atoms with van der Waals surface area (Å²) in [5, 5.41) is 2.00. The number of nitrogens with one attached hydrogen (secondary N) is 1. The summed E-state index contributed by atoms with van der Waals surface area (Å²) in [6, 6.07) is 19.4. The first-order chi connectivity index (χ1) is 12.8. The molecule has 134 valence electrons. The molecular formula is C23H26N2S. The number of para-hydroxylation sites is 1. The van der Waals surface area contributed by atoms with E-state index in [0.717, 1.165) is 25.3 Å². The molecule has 3 heteroatoms. The van der Waals surface area contributed by atoms with Crippen molar-refractivity contribution in [1.29, 1.82) is 0 Å². The van der Waals surface area contributed by atoms with Gasteiger partial charge in [0.1, 0.15) is 0 Å². The fourth-order valence-electron chi connectivity index (χ4n) is 3.69. The van der Waals surface area contributed by atoms with Gasteiger partial charge in [0.15, 0.2) is 0 Å². The highest BCUT2D eigenvalue weighted by atomic mass is 32.2. The average molecular weight is 363 g/mol. The maximum Gasteiger partial charge on any atom is 0.0457 e. The molecule has 2 aromatic carbocycles. The van der Waals surface area contributed by atoms with Gasteiger partial charge in [0.05, 0.1) is 0 Å². The molecule has 0 aliphatic carbocycles. The Morgan fingerprint density at radius 2 is 1.88 bits per heavy atom. The number of aromatic amines is 1. The minimum absolute atomic E-state index is 0.635. The Bertz CT molecular complexity index is 881. The zero-order valence-corrected chi connectivity index (χ0v) is 16.1. The molecule has 1 N–H and O–H groups in total. The van der Waals surface area contributed by atoms with E-state index in [4.69, 9.17) is 0 Å². The molecule has 0 bridgehead atoms. The summed E-state index contributed by atoms with van der Waals surface area (Å²) in [6.07, 6.45) is 5.74. The van der Waals surface area contributed by atoms with Gasteiger partial charge in [-0.15, -0.1) is 0 Å². The topological polar surface area (TPSA) is 19.0 Å². The summed E-state index contributed by atoms with van der Waals surface area (Å²) in [7, 11) is 0. The van der Waals surface area contributed by atoms with Gasteiger partial charge in [-0.3, -0.25) is 4.90 Å². The molecule has 1 aliphatic rings. The third kappa shape index (κ3) is 4.05. The van der Waals surface area contributed by atoms with Crippen LogP contribution in [0.1, 0.15) is 24.5 Å². The summed E-state index contributed by atoms with van der Waals surface area (Å²) in [5.41, 5.74) is 5.54. The maximum absolute atomic E-state index is 3.38. The van der Waals surface area contributed by atoms with Crippen molar-refractivity contribution >= 4 is 28.2 Å². The van der Waals surface area contributed by atoms with Crippen LogP contribution in [0.3, 0.4) is 0 Å². The number of H-pyrrole nitrogens is 1. The molecule has 0 fully saturated rings. The van der Waals surface area contributed by atoms with Gasteiger partial charge in [-0.1, -0.05) is 61.5 Å². The number of hydrogen-bond acceptors (Lipinski definition) is 2. The van der Waals surface area contributed by atoms with E-state index in [2.05, 4.69) is 95.4 Å². The second kappa shape index (κ2) is 8.15. The summed E-state index contributed by atoms with van der Waals surface area (Å²) < 4.78 is 0. The molecule has 4 rings (SSSR count). The van der Waals surface area contributed by atoms with E-state index in [-0.39, 0.29) is 0 Å². The number of thioether (sulfide) groups is 1. The highest BCUT2D eigenvalue weighted by molar-refractivity contribution is 7.99. The third-order valence-corrected chi connectivity index (χ3v) is 6.35. The minimum atomic E-state index is 0.635. The summed E-state index contributed by atoms with van der Waals surface area (Å²) in [5.74, 6) is 1.07. The molecule has 0 saturated heterocycles. The first kappa shape index (κ1) is 17.4. The van der Waals surface area contributed by atoms with E-state index >= 15 is 0 Å². The van der Waals surface area contributed by atoms with Crippen molar-refractivity contribution in [2.45, 2.75) is 24.3 Å². The quantitative estimate of drug-likeness (QED) is 0.617. The molecule has 3 aromatic rings. The highest BCUT2D eigenvalue weighted by Gasteiger charge is 2.16. The zero-order chi connectivity index (χ0) is 17.8. The summed E-state index contributed by atoms with van der Waals surface area (Å²) >= 11 is 2.06. The molecule has 26 heavy (non-hydrogen) atoms. The lowest BCUT2D eigenvalue weighted by atomic mass is 9.99. The summed E-state index contributed by atoms with van der Waals surface area (Å²) in [4.78, 5) is 5.96. The second-order valence-electron chi connectivity index (χ2n) is 7.09. The monoisotopic (exact) mass is 362 g/mol. The van der Waals surface area contributed by atoms with E-state index in [0.29, 0.717) is 5.25 Å². The fraction of sp³-hybridized carbons (Fsp3) is 0.304. The van der Waals surface area contributed by atoms with Crippen molar-refractivity contribution in [2.24, 2.45) is 0 Å². The van der Waals surface area contributed by atoms with Gasteiger partial charge >= 0.3 is 0 Å². The van der Waals surface area contributed by atoms with E-state index in [1.807, 2.05) is 0 Å². The van der Waals surface area contributed by atoms with Crippen LogP contribution in [0.25, 0.3) is 16.5 Å². The van der Waals surface area contributed by atoms with Gasteiger partial charge in [0.25, 0.3) is 0 Å². The predicted octanol–water partition coefficient (Wildman–Crippen LogP) is 5.58. The third-order valence-electron chi connectivity index (χ3n) is 5.15. The van der Waals surface area contributed by atoms with Crippen LogP contribution in [0.4, 0.5) is 0 Å². The van der Waals surface area contributed by atoms with Crippen LogP contribution in [-0.4, -0.2) is 34.8 Å². The Hall–Kier alpha value is -1.97. The number of hydrogen-bond donors (Lipinski definition) is 1. The maximum atomic E-state index is 3.38. The van der Waals surface area contributed by atoms with Crippen LogP contribution >= 0.6 is 11.8 Å². The van der Waals surface area contributed by atoms with Crippen molar-refractivity contribution in [1.82, 2.24) is 9.88 Å². The largest absolute Gasteiger partial charge is 0.361 e. The smallest absolute Gasteiger partial charge is 0.0457 e. The zero-order valence-electron chi connectivity index (χ0n) is 15.3. The summed E-state index contributed by atoms with van der Waals surface area (Å²) in [6.45, 7) is 5.75. The van der Waals surface area contributed by atoms with Crippen molar-refractivity contribution in [3.63, 3.8) is 0 Å². The average Bonchev–Trinajstić information content (AvgIpc) is 3.11. The minimum Gasteiger partial charge on any atom is -0.361 e. The van der Waals surface area contributed by atoms with Gasteiger partial charge in [0, 0.05) is 47.7 Å². The predicted molar refractivity (Wildman–Crippen MR) is 115 cm³/mol. The Balaban J connectivity index is 1.29. The van der Waals surface area contributed by atoms with Gasteiger partial charge in [-0.05, 0) is 29.2 Å². The van der Waals surface area contributed by atoms with Gasteiger partial charge in [-0.2, -0.15) is 11.8 Å². The molecular weight excluding hydrogens is 336 g/mol. The second-order valence-corrected chi connectivity index (χ2v) is 8.51. The van der Waals surface area contributed by atoms with Crippen molar-refractivity contribution in [3.8, 4) is 0 Å². The Kier molecular flexibility index (Phi) is 5.47. The Morgan fingerprint density at radius 1 is 1.08 bits per heavy atom. The van der Waals surface area contributed by atoms with Crippen LogP contribution in [0.5, 0.6) is 0 Å². The first-order valence-electron chi connectivity index (χ1n) is 9.43. The lowest BCUT2D eigenvalue weighted by molar-refractivity contribution is 0.306. The Labute approximate surface area is 160 Å². The van der Waals surface area contributed by atoms with Crippen molar-refractivity contribution in [3.05, 3.63) is 78.0 Å². The Morgan fingerprint density at radius 3 is 2.69 bits per heavy atom. The lowest BCUT2D eigenvalue weighted by Gasteiger charge is -2.28. The molecule has 1 unspecified atom stereocenters. The van der Waals surface area contributed by atoms with Crippen LogP contribution in [-0.2, 0) is 5.75 Å². The van der Waals surface area contributed by atoms with Crippen molar-refractivity contribution in [2.75, 3.05) is 19.6 Å². The lowest BCUT2D eigenvalue weighted by Crippen LogP contribution is -2.33. The highest BCUT2D eigenvalue weighted by Crippen LogP contribution is 2.26. The van der Waals surface area contributed by atoms with Gasteiger partial charge in [0.2, 0.25) is 0 Å². The molecule has 1 aromatic heterocycles. The van der Waals surface area contributed by atoms with E-state index in [1.165, 1.54) is 34.1 Å².